The largest absolute Gasteiger partial charge is 0.491 e. The van der Waals surface area contributed by atoms with E-state index in [2.05, 4.69) is 15.3 Å². The highest BCUT2D eigenvalue weighted by Gasteiger charge is 2.36. The van der Waals surface area contributed by atoms with Crippen molar-refractivity contribution < 1.29 is 22.6 Å². The lowest BCUT2D eigenvalue weighted by atomic mass is 10.3. The van der Waals surface area contributed by atoms with Crippen LogP contribution >= 0.6 is 0 Å². The van der Waals surface area contributed by atoms with E-state index in [0.29, 0.717) is 17.9 Å². The number of ether oxygens (including phenoxy) is 2. The highest BCUT2D eigenvalue weighted by atomic mass is 19.4. The van der Waals surface area contributed by atoms with Crippen molar-refractivity contribution in [2.24, 2.45) is 0 Å². The highest BCUT2D eigenvalue weighted by Crippen LogP contribution is 2.36. The molecule has 1 N–H and O–H groups in total. The van der Waals surface area contributed by atoms with Crippen molar-refractivity contribution in [1.29, 1.82) is 0 Å². The minimum absolute atomic E-state index is 0.0221. The summed E-state index contributed by atoms with van der Waals surface area (Å²) in [5.41, 5.74) is -0.376. The minimum atomic E-state index is -4.59. The first-order chi connectivity index (χ1) is 12.2. The molecule has 142 valence electrons. The number of anilines is 2. The molecule has 0 saturated carbocycles. The standard InChI is InChI=1S/C18H22F3N3O2/c1-5-12(4)26-16-15(18(19,20)21)10-22-17(24-16)23-13-6-8-14(9-7-13)25-11(2)3/h6-12H,5H2,1-4H3,(H,22,23,24). The second kappa shape index (κ2) is 8.25. The number of hydrogen-bond donors (Lipinski definition) is 1. The zero-order valence-corrected chi connectivity index (χ0v) is 15.1. The summed E-state index contributed by atoms with van der Waals surface area (Å²) in [5, 5.41) is 2.87. The van der Waals surface area contributed by atoms with Gasteiger partial charge in [-0.2, -0.15) is 18.2 Å². The number of hydrogen-bond acceptors (Lipinski definition) is 5. The molecule has 2 rings (SSSR count). The van der Waals surface area contributed by atoms with Gasteiger partial charge in [0.05, 0.1) is 12.2 Å². The summed E-state index contributed by atoms with van der Waals surface area (Å²) in [6.07, 6.45) is -3.65. The fourth-order valence-electron chi connectivity index (χ4n) is 2.00. The summed E-state index contributed by atoms with van der Waals surface area (Å²) < 4.78 is 50.2. The van der Waals surface area contributed by atoms with Crippen LogP contribution in [0.1, 0.15) is 39.7 Å². The van der Waals surface area contributed by atoms with E-state index in [1.54, 1.807) is 31.2 Å². The summed E-state index contributed by atoms with van der Waals surface area (Å²) >= 11 is 0. The summed E-state index contributed by atoms with van der Waals surface area (Å²) in [4.78, 5) is 7.65. The van der Waals surface area contributed by atoms with Gasteiger partial charge in [0.25, 0.3) is 0 Å². The second-order valence-electron chi connectivity index (χ2n) is 6.06. The smallest absolute Gasteiger partial charge is 0.423 e. The van der Waals surface area contributed by atoms with E-state index in [9.17, 15) is 13.2 Å². The minimum Gasteiger partial charge on any atom is -0.491 e. The molecule has 0 aliphatic heterocycles. The first-order valence-electron chi connectivity index (χ1n) is 8.33. The van der Waals surface area contributed by atoms with Crippen molar-refractivity contribution >= 4 is 11.6 Å². The van der Waals surface area contributed by atoms with Crippen LogP contribution in [-0.2, 0) is 6.18 Å². The maximum Gasteiger partial charge on any atom is 0.423 e. The van der Waals surface area contributed by atoms with Crippen molar-refractivity contribution in [2.45, 2.75) is 52.5 Å². The van der Waals surface area contributed by atoms with E-state index >= 15 is 0 Å². The van der Waals surface area contributed by atoms with Crippen LogP contribution < -0.4 is 14.8 Å². The zero-order valence-electron chi connectivity index (χ0n) is 15.1. The van der Waals surface area contributed by atoms with Crippen LogP contribution in [0.25, 0.3) is 0 Å². The Kier molecular flexibility index (Phi) is 6.28. The van der Waals surface area contributed by atoms with Crippen LogP contribution in [0.4, 0.5) is 24.8 Å². The normalized spacial score (nSPS) is 12.8. The molecule has 0 fully saturated rings. The molecule has 1 atom stereocenters. The van der Waals surface area contributed by atoms with Crippen LogP contribution in [-0.4, -0.2) is 22.2 Å². The van der Waals surface area contributed by atoms with Gasteiger partial charge in [-0.25, -0.2) is 4.98 Å². The van der Waals surface area contributed by atoms with Gasteiger partial charge in [-0.3, -0.25) is 0 Å². The van der Waals surface area contributed by atoms with Crippen molar-refractivity contribution in [1.82, 2.24) is 9.97 Å². The third kappa shape index (κ3) is 5.50. The molecule has 0 amide bonds. The van der Waals surface area contributed by atoms with Crippen molar-refractivity contribution in [2.75, 3.05) is 5.32 Å². The van der Waals surface area contributed by atoms with E-state index in [1.165, 1.54) is 0 Å². The van der Waals surface area contributed by atoms with Crippen LogP contribution in [0.15, 0.2) is 30.5 Å². The monoisotopic (exact) mass is 369 g/mol. The second-order valence-corrected chi connectivity index (χ2v) is 6.06. The van der Waals surface area contributed by atoms with Gasteiger partial charge in [0.15, 0.2) is 0 Å². The van der Waals surface area contributed by atoms with Crippen molar-refractivity contribution in [3.63, 3.8) is 0 Å². The molecule has 1 aromatic carbocycles. The first kappa shape index (κ1) is 19.8. The first-order valence-corrected chi connectivity index (χ1v) is 8.33. The van der Waals surface area contributed by atoms with E-state index in [0.717, 1.165) is 6.20 Å². The van der Waals surface area contributed by atoms with Gasteiger partial charge in [-0.05, 0) is 51.5 Å². The number of rotatable bonds is 7. The number of nitrogens with one attached hydrogen (secondary N) is 1. The van der Waals surface area contributed by atoms with Gasteiger partial charge in [-0.15, -0.1) is 0 Å². The SMILES string of the molecule is CCC(C)Oc1nc(Nc2ccc(OC(C)C)cc2)ncc1C(F)(F)F. The lowest BCUT2D eigenvalue weighted by Crippen LogP contribution is -2.17. The molecule has 8 heteroatoms. The van der Waals surface area contributed by atoms with Crippen LogP contribution in [0.5, 0.6) is 11.6 Å². The Morgan fingerprint density at radius 3 is 2.27 bits per heavy atom. The molecule has 0 spiro atoms. The Hall–Kier alpha value is -2.51. The summed E-state index contributed by atoms with van der Waals surface area (Å²) in [5.74, 6) is 0.234. The van der Waals surface area contributed by atoms with Crippen LogP contribution in [0.3, 0.4) is 0 Å². The number of aromatic nitrogens is 2. The Balaban J connectivity index is 2.22. The predicted octanol–water partition coefficient (Wildman–Crippen LogP) is 5.20. The van der Waals surface area contributed by atoms with Gasteiger partial charge >= 0.3 is 6.18 Å². The van der Waals surface area contributed by atoms with E-state index < -0.39 is 23.7 Å². The summed E-state index contributed by atoms with van der Waals surface area (Å²) in [6.45, 7) is 7.34. The molecule has 0 radical (unpaired) electrons. The summed E-state index contributed by atoms with van der Waals surface area (Å²) in [6, 6.07) is 6.97. The molecule has 26 heavy (non-hydrogen) atoms. The van der Waals surface area contributed by atoms with Crippen molar-refractivity contribution in [3.8, 4) is 11.6 Å². The van der Waals surface area contributed by atoms with Gasteiger partial charge in [0.2, 0.25) is 11.8 Å². The predicted molar refractivity (Wildman–Crippen MR) is 92.9 cm³/mol. The Morgan fingerprint density at radius 1 is 1.08 bits per heavy atom. The van der Waals surface area contributed by atoms with Crippen LogP contribution in [0.2, 0.25) is 0 Å². The molecule has 0 bridgehead atoms. The van der Waals surface area contributed by atoms with E-state index in [1.807, 2.05) is 20.8 Å². The Labute approximate surface area is 150 Å². The lowest BCUT2D eigenvalue weighted by molar-refractivity contribution is -0.139. The third-order valence-electron chi connectivity index (χ3n) is 3.43. The van der Waals surface area contributed by atoms with Gasteiger partial charge in [-0.1, -0.05) is 6.92 Å². The van der Waals surface area contributed by atoms with E-state index in [-0.39, 0.29) is 12.1 Å². The number of nitrogens with zero attached hydrogens (tertiary/aromatic N) is 2. The van der Waals surface area contributed by atoms with Gasteiger partial charge < -0.3 is 14.8 Å². The number of halogens is 3. The Morgan fingerprint density at radius 2 is 1.73 bits per heavy atom. The van der Waals surface area contributed by atoms with Crippen molar-refractivity contribution in [3.05, 3.63) is 36.0 Å². The lowest BCUT2D eigenvalue weighted by Gasteiger charge is -2.17. The highest BCUT2D eigenvalue weighted by molar-refractivity contribution is 5.55. The fraction of sp³-hybridized carbons (Fsp3) is 0.444. The van der Waals surface area contributed by atoms with Gasteiger partial charge in [0.1, 0.15) is 11.3 Å². The van der Waals surface area contributed by atoms with Gasteiger partial charge in [0, 0.05) is 11.9 Å². The molecular formula is C18H22F3N3O2. The summed E-state index contributed by atoms with van der Waals surface area (Å²) in [7, 11) is 0. The zero-order chi connectivity index (χ0) is 19.3. The molecule has 2 aromatic rings. The molecule has 1 heterocycles. The third-order valence-corrected chi connectivity index (χ3v) is 3.43. The average molecular weight is 369 g/mol. The molecule has 0 aliphatic carbocycles. The number of alkyl halides is 3. The number of benzene rings is 1. The molecule has 1 unspecified atom stereocenters. The van der Waals surface area contributed by atoms with E-state index in [4.69, 9.17) is 9.47 Å². The molecule has 5 nitrogen and oxygen atoms in total. The quantitative estimate of drug-likeness (QED) is 0.727. The molecule has 1 aromatic heterocycles. The van der Waals surface area contributed by atoms with Crippen LogP contribution in [0, 0.1) is 0 Å². The fourth-order valence-corrected chi connectivity index (χ4v) is 2.00. The molecule has 0 aliphatic rings. The molecular weight excluding hydrogens is 347 g/mol. The molecule has 0 saturated heterocycles. The maximum atomic E-state index is 13.1. The Bertz CT molecular complexity index is 719. The maximum absolute atomic E-state index is 13.1. The average Bonchev–Trinajstić information content (AvgIpc) is 2.55. The topological polar surface area (TPSA) is 56.3 Å².